The van der Waals surface area contributed by atoms with Gasteiger partial charge in [-0.15, -0.1) is 0 Å². The first-order chi connectivity index (χ1) is 64.6. The number of alkyl halides is 24. The van der Waals surface area contributed by atoms with E-state index in [1.54, 1.807) is 109 Å². The molecular formula is C88H52Cl24N16O10. The second-order valence-electron chi connectivity index (χ2n) is 27.6. The van der Waals surface area contributed by atoms with Crippen molar-refractivity contribution in [3.63, 3.8) is 0 Å². The van der Waals surface area contributed by atoms with Crippen LogP contribution in [0.3, 0.4) is 0 Å². The summed E-state index contributed by atoms with van der Waals surface area (Å²) in [6.07, 6.45) is 0. The average molecular weight is 2340 g/mol. The highest BCUT2D eigenvalue weighted by atomic mass is 35.6. The van der Waals surface area contributed by atoms with Crippen LogP contribution in [-0.4, -0.2) is 101 Å². The summed E-state index contributed by atoms with van der Waals surface area (Å²) in [7, 11) is 0. The number of halogens is 24. The quantitative estimate of drug-likeness (QED) is 0.0374. The van der Waals surface area contributed by atoms with E-state index in [0.717, 1.165) is 17.1 Å². The van der Waals surface area contributed by atoms with Crippen molar-refractivity contribution in [2.45, 2.75) is 44.2 Å². The average Bonchev–Trinajstić information content (AvgIpc) is 0.814. The molecule has 0 spiro atoms. The molecule has 0 aliphatic heterocycles. The van der Waals surface area contributed by atoms with Gasteiger partial charge in [0.15, 0.2) is 69.9 Å². The van der Waals surface area contributed by atoms with Gasteiger partial charge in [-0.3, -0.25) is 24.0 Å². The van der Waals surface area contributed by atoms with Gasteiger partial charge in [0.1, 0.15) is 23.0 Å². The third-order valence-corrected chi connectivity index (χ3v) is 21.4. The fourth-order valence-corrected chi connectivity index (χ4v) is 13.3. The Morgan fingerprint density at radius 3 is 0.681 bits per heavy atom. The van der Waals surface area contributed by atoms with Crippen LogP contribution < -0.4 is 35.1 Å². The van der Waals surface area contributed by atoms with Gasteiger partial charge >= 0.3 is 17.9 Å². The van der Waals surface area contributed by atoms with Gasteiger partial charge in [-0.2, -0.15) is 0 Å². The van der Waals surface area contributed by atoms with E-state index >= 15 is 0 Å². The molecule has 4 aromatic heterocycles. The second-order valence-corrected chi connectivity index (χ2v) is 45.8. The number of benzene rings is 10. The van der Waals surface area contributed by atoms with Gasteiger partial charge in [0.25, 0.3) is 17.7 Å². The first-order valence-electron chi connectivity index (χ1n) is 38.1. The number of esters is 3. The number of carbonyl (C=O) groups is 6. The van der Waals surface area contributed by atoms with Gasteiger partial charge in [-0.25, -0.2) is 64.6 Å². The van der Waals surface area contributed by atoms with Crippen LogP contribution in [0.2, 0.25) is 0 Å². The lowest BCUT2D eigenvalue weighted by Crippen LogP contribution is -2.16. The van der Waals surface area contributed by atoms with Crippen LogP contribution in [0.5, 0.6) is 23.0 Å². The predicted molar refractivity (Wildman–Crippen MR) is 548 cm³/mol. The number of aromatic nitrogens is 12. The number of anilines is 6. The minimum absolute atomic E-state index is 0.0664. The summed E-state index contributed by atoms with van der Waals surface area (Å²) in [6.45, 7) is 2.58. The normalized spacial score (nSPS) is 11.8. The molecule has 0 bridgehead atoms. The molecule has 4 N–H and O–H groups in total. The maximum atomic E-state index is 12.9. The fourth-order valence-electron chi connectivity index (χ4n) is 11.2. The molecule has 138 heavy (non-hydrogen) atoms. The fraction of sp³-hybridized carbons (Fsp3) is 0.114. The van der Waals surface area contributed by atoms with Crippen molar-refractivity contribution in [3.8, 4) is 68.5 Å². The van der Waals surface area contributed by atoms with Crippen molar-refractivity contribution in [2.24, 2.45) is 0 Å². The van der Waals surface area contributed by atoms with Crippen LogP contribution in [0, 0.1) is 0 Å². The molecule has 0 aliphatic rings. The zero-order chi connectivity index (χ0) is 101. The van der Waals surface area contributed by atoms with Crippen molar-refractivity contribution in [2.75, 3.05) is 20.9 Å². The van der Waals surface area contributed by atoms with Crippen LogP contribution >= 0.6 is 278 Å². The van der Waals surface area contributed by atoms with Gasteiger partial charge in [-0.1, -0.05) is 315 Å². The Morgan fingerprint density at radius 1 is 0.246 bits per heavy atom. The zero-order valence-corrected chi connectivity index (χ0v) is 86.9. The molecule has 50 heteroatoms. The minimum Gasteiger partial charge on any atom is -0.508 e. The summed E-state index contributed by atoms with van der Waals surface area (Å²) in [4.78, 5) is 123. The highest BCUT2D eigenvalue weighted by Crippen LogP contribution is 2.47. The summed E-state index contributed by atoms with van der Waals surface area (Å²) in [5.74, 6) is -2.75. The zero-order valence-electron chi connectivity index (χ0n) is 68.8. The van der Waals surface area contributed by atoms with Gasteiger partial charge < -0.3 is 40.2 Å². The molecule has 10 aromatic carbocycles. The number of amides is 3. The number of nitrogens with one attached hydrogen (secondary N) is 3. The number of carbonyl (C=O) groups excluding carboxylic acids is 6. The van der Waals surface area contributed by atoms with E-state index in [1.807, 2.05) is 72.8 Å². The summed E-state index contributed by atoms with van der Waals surface area (Å²) in [5, 5.41) is 17.5. The van der Waals surface area contributed by atoms with Crippen molar-refractivity contribution < 1.29 is 48.1 Å². The molecule has 4 heterocycles. The van der Waals surface area contributed by atoms with Crippen molar-refractivity contribution >= 4 is 348 Å². The van der Waals surface area contributed by atoms with Crippen LogP contribution in [0.15, 0.2) is 255 Å². The number of para-hydroxylation sites is 2. The lowest BCUT2D eigenvalue weighted by Gasteiger charge is -2.25. The third kappa shape index (κ3) is 32.3. The van der Waals surface area contributed by atoms with Gasteiger partial charge in [-0.05, 0) is 218 Å². The Hall–Kier alpha value is -8.38. The molecule has 0 radical (unpaired) electrons. The highest BCUT2D eigenvalue weighted by molar-refractivity contribution is 6.70. The lowest BCUT2D eigenvalue weighted by atomic mass is 10.1. The van der Waals surface area contributed by atoms with E-state index in [-0.39, 0.29) is 93.4 Å². The molecule has 26 nitrogen and oxygen atoms in total. The van der Waals surface area contributed by atoms with E-state index in [2.05, 4.69) is 80.7 Å². The Bertz CT molecular complexity index is 6340. The van der Waals surface area contributed by atoms with E-state index in [0.29, 0.717) is 78.8 Å². The molecule has 0 fully saturated rings. The van der Waals surface area contributed by atoms with Crippen LogP contribution in [0.1, 0.15) is 102 Å². The number of phenols is 1. The Balaban J connectivity index is 0.000000178. The predicted octanol–water partition coefficient (Wildman–Crippen LogP) is 28.8. The van der Waals surface area contributed by atoms with E-state index in [1.165, 1.54) is 86.6 Å². The lowest BCUT2D eigenvalue weighted by molar-refractivity contribution is -0.132. The van der Waals surface area contributed by atoms with Crippen LogP contribution in [0.4, 0.5) is 34.1 Å². The van der Waals surface area contributed by atoms with Crippen LogP contribution in [0.25, 0.3) is 45.6 Å². The monoisotopic (exact) mass is 2330 g/mol. The number of aromatic hydroxyl groups is 1. The molecular weight excluding hydrogens is 2290 g/mol. The van der Waals surface area contributed by atoms with Gasteiger partial charge in [0, 0.05) is 86.9 Å². The minimum atomic E-state index is -1.98. The second kappa shape index (κ2) is 47.2. The third-order valence-electron chi connectivity index (χ3n) is 17.4. The molecule has 14 aromatic rings. The number of phenolic OH excluding ortho intramolecular Hbond substituents is 1. The number of hydrogen-bond donors (Lipinski definition) is 4. The molecule has 0 saturated heterocycles. The molecule has 0 aliphatic carbocycles. The molecule has 712 valence electrons. The smallest absolute Gasteiger partial charge is 0.343 e. The molecule has 14 rings (SSSR count). The largest absolute Gasteiger partial charge is 0.508 e. The SMILES string of the molecule is CC(=O)Oc1ccc(C(=O)Nc2ccc(-c3nc(C(Cl)(Cl)Cl)nc(C(Cl)(Cl)Cl)n3)cc2)cc1.CC(=O)Oc1ccc(C(=O)Nc2ccc(-c3nc(C(Cl)(Cl)Cl)nc(C(Cl)(Cl)Cl)n3)cc2)cc1.O=C(Nc1ccc(-c2nc(C(Cl)(Cl)Cl)nc(C(Cl)(Cl)Cl)n2)cc1)c1ccc(O)cc1.O=C(Oc1ccc(-c2nc(C(Cl)(Cl)Cl)nc(C(Cl)(Cl)Cl)n2)cc1)c1ccc(N(c2ccccc2)c2ccccc2)cc1. The van der Waals surface area contributed by atoms with Gasteiger partial charge in [0.2, 0.25) is 30.3 Å². The standard InChI is InChI=1S/C30H18Cl6N4O2.2C20H12Cl6N4O3.C18H10Cl6N4O2/c31-29(32,33)27-37-25(38-28(39-27)30(34,35)36)19-13-17-24(18-14-19)42-26(41)20-11-15-23(16-12-20)40(21-7-3-1-4-8-21)22-9-5-2-6-10-22;2*1-10(31)33-14-8-4-12(5-9-14)16(32)27-13-6-2-11(3-7-13)15-28-17(19(21,22)23)30-18(29-15)20(24,25)26;19-17(20,21)15-26-13(27-16(28-15)18(22,23)24)9-1-5-11(6-2-9)25-14(30)10-3-7-12(29)8-4-10/h1-18H;2*2-9H,1H3,(H,27,32);1-8,29H,(H,25,30). The number of rotatable bonds is 17. The topological polar surface area (TPSA) is 344 Å². The summed E-state index contributed by atoms with van der Waals surface area (Å²) in [6, 6.07) is 71.0. The summed E-state index contributed by atoms with van der Waals surface area (Å²) in [5.41, 5.74) is 7.81. The summed E-state index contributed by atoms with van der Waals surface area (Å²) < 4.78 is -0.285. The molecule has 3 amide bonds. The Kier molecular flexibility index (Phi) is 37.6. The van der Waals surface area contributed by atoms with Crippen molar-refractivity contribution in [1.29, 1.82) is 0 Å². The number of nitrogens with zero attached hydrogens (tertiary/aromatic N) is 13. The maximum absolute atomic E-state index is 12.9. The molecule has 0 atom stereocenters. The van der Waals surface area contributed by atoms with E-state index in [9.17, 15) is 33.9 Å². The number of ether oxygens (including phenoxy) is 3. The van der Waals surface area contributed by atoms with E-state index < -0.39 is 48.2 Å². The van der Waals surface area contributed by atoms with Crippen LogP contribution in [-0.2, 0) is 39.9 Å². The molecule has 0 unspecified atom stereocenters. The molecule has 0 saturated carbocycles. The maximum Gasteiger partial charge on any atom is 0.343 e. The summed E-state index contributed by atoms with van der Waals surface area (Å²) >= 11 is 142. The number of hydrogen-bond acceptors (Lipinski definition) is 23. The highest BCUT2D eigenvalue weighted by Gasteiger charge is 2.39. The first kappa shape index (κ1) is 110. The Morgan fingerprint density at radius 2 is 0.449 bits per heavy atom. The van der Waals surface area contributed by atoms with Crippen molar-refractivity contribution in [3.05, 3.63) is 324 Å². The van der Waals surface area contributed by atoms with Gasteiger partial charge in [0.05, 0.1) is 5.56 Å². The Labute approximate surface area is 903 Å². The van der Waals surface area contributed by atoms with Crippen molar-refractivity contribution in [1.82, 2.24) is 59.8 Å². The van der Waals surface area contributed by atoms with E-state index in [4.69, 9.17) is 293 Å². The first-order valence-corrected chi connectivity index (χ1v) is 47.2.